The molecule has 2 heterocycles. The van der Waals surface area contributed by atoms with Crippen molar-refractivity contribution in [3.8, 4) is 16.9 Å². The van der Waals surface area contributed by atoms with Crippen molar-refractivity contribution in [1.29, 1.82) is 0 Å². The molecule has 1 fully saturated rings. The monoisotopic (exact) mass is 624 g/mol. The van der Waals surface area contributed by atoms with E-state index in [1.807, 2.05) is 31.3 Å². The van der Waals surface area contributed by atoms with E-state index in [1.54, 1.807) is 33.5 Å². The Bertz CT molecular complexity index is 1670. The zero-order valence-corrected chi connectivity index (χ0v) is 26.3. The van der Waals surface area contributed by atoms with Crippen LogP contribution in [-0.2, 0) is 6.54 Å². The number of carbonyl (C=O) groups excluding carboxylic acids is 1. The van der Waals surface area contributed by atoms with E-state index >= 15 is 0 Å². The zero-order valence-electron chi connectivity index (χ0n) is 24.7. The third-order valence-corrected chi connectivity index (χ3v) is 9.91. The Kier molecular flexibility index (Phi) is 9.34. The zero-order chi connectivity index (χ0) is 30.8. The van der Waals surface area contributed by atoms with E-state index in [0.29, 0.717) is 34.6 Å². The number of rotatable bonds is 9. The third-order valence-electron chi connectivity index (χ3n) is 8.18. The summed E-state index contributed by atoms with van der Waals surface area (Å²) in [6.45, 7) is 4.87. The lowest BCUT2D eigenvalue weighted by atomic mass is 9.89. The number of pyridine rings is 1. The Morgan fingerprint density at radius 1 is 1.09 bits per heavy atom. The average Bonchev–Trinajstić information content (AvgIpc) is 3.39. The van der Waals surface area contributed by atoms with Crippen LogP contribution < -0.4 is 10.1 Å². The van der Waals surface area contributed by atoms with Crippen LogP contribution in [0.2, 0.25) is 5.02 Å². The van der Waals surface area contributed by atoms with Gasteiger partial charge in [0.05, 0.1) is 27.1 Å². The lowest BCUT2D eigenvalue weighted by Gasteiger charge is -2.39. The average molecular weight is 625 g/mol. The maximum Gasteiger partial charge on any atom is 0.271 e. The van der Waals surface area contributed by atoms with Crippen LogP contribution in [0.15, 0.2) is 55.2 Å². The van der Waals surface area contributed by atoms with Crippen LogP contribution in [0.25, 0.3) is 26.9 Å². The summed E-state index contributed by atoms with van der Waals surface area (Å²) in [6.07, 6.45) is 5.44. The van der Waals surface area contributed by atoms with Crippen LogP contribution in [-0.4, -0.2) is 61.0 Å². The first-order valence-corrected chi connectivity index (χ1v) is 15.4. The number of nitrogens with zero attached hydrogens (tertiary/aromatic N) is 3. The fourth-order valence-corrected chi connectivity index (χ4v) is 7.32. The van der Waals surface area contributed by atoms with Gasteiger partial charge in [-0.1, -0.05) is 24.2 Å². The molecule has 226 valence electrons. The summed E-state index contributed by atoms with van der Waals surface area (Å²) < 4.78 is 35.5. The number of carbonyl (C=O) groups is 1. The predicted molar refractivity (Wildman–Crippen MR) is 171 cm³/mol. The number of hydrogen-bond donors (Lipinski definition) is 1. The van der Waals surface area contributed by atoms with Crippen molar-refractivity contribution in [3.05, 3.63) is 88.0 Å². The molecule has 5 rings (SSSR count). The molecule has 0 aliphatic heterocycles. The van der Waals surface area contributed by atoms with Crippen LogP contribution in [0.1, 0.15) is 46.6 Å². The second-order valence-electron chi connectivity index (χ2n) is 11.0. The van der Waals surface area contributed by atoms with Crippen molar-refractivity contribution < 1.29 is 18.3 Å². The Labute approximate surface area is 259 Å². The molecule has 1 saturated carbocycles. The highest BCUT2D eigenvalue weighted by Crippen LogP contribution is 2.44. The molecule has 2 aromatic heterocycles. The number of benzene rings is 2. The smallest absolute Gasteiger partial charge is 0.271 e. The molecule has 6 nitrogen and oxygen atoms in total. The van der Waals surface area contributed by atoms with Crippen molar-refractivity contribution in [3.63, 3.8) is 0 Å². The van der Waals surface area contributed by atoms with Crippen molar-refractivity contribution in [2.24, 2.45) is 0 Å². The fourth-order valence-electron chi connectivity index (χ4n) is 5.76. The minimum Gasteiger partial charge on any atom is -0.496 e. The number of aromatic nitrogens is 1. The predicted octanol–water partition coefficient (Wildman–Crippen LogP) is 7.61. The van der Waals surface area contributed by atoms with E-state index in [2.05, 4.69) is 21.8 Å². The van der Waals surface area contributed by atoms with Gasteiger partial charge in [0.25, 0.3) is 5.91 Å². The Hall–Kier alpha value is -3.53. The van der Waals surface area contributed by atoms with Crippen molar-refractivity contribution in [2.75, 3.05) is 28.3 Å². The van der Waals surface area contributed by atoms with E-state index < -0.39 is 11.6 Å². The van der Waals surface area contributed by atoms with Crippen molar-refractivity contribution in [1.82, 2.24) is 20.1 Å². The third kappa shape index (κ3) is 6.25. The maximum absolute atomic E-state index is 14.8. The number of amides is 1. The number of hydrogen-bond acceptors (Lipinski definition) is 6. The van der Waals surface area contributed by atoms with Gasteiger partial charge in [-0.2, -0.15) is 0 Å². The van der Waals surface area contributed by atoms with E-state index in [4.69, 9.17) is 16.3 Å². The molecular formula is C33H35ClF2N4O2S. The van der Waals surface area contributed by atoms with Gasteiger partial charge >= 0.3 is 0 Å². The van der Waals surface area contributed by atoms with Gasteiger partial charge < -0.3 is 19.9 Å². The fraction of sp³-hybridized carbons (Fsp3) is 0.333. The van der Waals surface area contributed by atoms with Crippen LogP contribution in [0.4, 0.5) is 8.78 Å². The summed E-state index contributed by atoms with van der Waals surface area (Å²) in [7, 11) is 7.00. The summed E-state index contributed by atoms with van der Waals surface area (Å²) in [6, 6.07) is 12.4. The van der Waals surface area contributed by atoms with Crippen molar-refractivity contribution >= 4 is 44.6 Å². The molecule has 43 heavy (non-hydrogen) atoms. The van der Waals surface area contributed by atoms with Gasteiger partial charge in [0.15, 0.2) is 0 Å². The first kappa shape index (κ1) is 30.9. The lowest BCUT2D eigenvalue weighted by Crippen LogP contribution is -2.40. The van der Waals surface area contributed by atoms with Gasteiger partial charge in [0, 0.05) is 50.2 Å². The van der Waals surface area contributed by atoms with Crippen LogP contribution in [0.5, 0.6) is 5.75 Å². The Balaban J connectivity index is 1.55. The number of fused-ring (bicyclic) bond motifs is 1. The molecule has 1 aliphatic carbocycles. The van der Waals surface area contributed by atoms with Crippen LogP contribution in [0, 0.1) is 11.6 Å². The van der Waals surface area contributed by atoms with Gasteiger partial charge in [-0.05, 0) is 80.3 Å². The quantitative estimate of drug-likeness (QED) is 0.208. The largest absolute Gasteiger partial charge is 0.496 e. The summed E-state index contributed by atoms with van der Waals surface area (Å²) in [4.78, 5) is 21.1. The molecule has 1 amide bonds. The minimum absolute atomic E-state index is 0.0852. The number of methoxy groups -OCH3 is 1. The van der Waals surface area contributed by atoms with Gasteiger partial charge in [-0.25, -0.2) is 8.78 Å². The molecule has 0 atom stereocenters. The molecule has 10 heteroatoms. The van der Waals surface area contributed by atoms with E-state index in [0.717, 1.165) is 65.8 Å². The van der Waals surface area contributed by atoms with Gasteiger partial charge in [0.2, 0.25) is 0 Å². The Morgan fingerprint density at radius 2 is 1.79 bits per heavy atom. The van der Waals surface area contributed by atoms with Crippen LogP contribution >= 0.6 is 22.9 Å². The highest BCUT2D eigenvalue weighted by atomic mass is 35.5. The normalized spacial score (nSPS) is 16.7. The number of halogens is 3. The molecule has 0 radical (unpaired) electrons. The molecule has 4 aromatic rings. The first-order valence-electron chi connectivity index (χ1n) is 14.2. The van der Waals surface area contributed by atoms with Gasteiger partial charge in [-0.15, -0.1) is 11.3 Å². The molecule has 2 aromatic carbocycles. The van der Waals surface area contributed by atoms with Crippen LogP contribution in [0.3, 0.4) is 0 Å². The number of ether oxygens (including phenoxy) is 1. The second-order valence-corrected chi connectivity index (χ2v) is 12.4. The number of thiophene rings is 1. The summed E-state index contributed by atoms with van der Waals surface area (Å²) in [5.74, 6) is -0.550. The van der Waals surface area contributed by atoms with E-state index in [9.17, 15) is 13.6 Å². The van der Waals surface area contributed by atoms with Gasteiger partial charge in [-0.3, -0.25) is 9.78 Å². The topological polar surface area (TPSA) is 57.7 Å². The maximum atomic E-state index is 14.8. The lowest BCUT2D eigenvalue weighted by molar-refractivity contribution is 0.0822. The molecule has 1 aliphatic rings. The molecule has 1 N–H and O–H groups in total. The highest BCUT2D eigenvalue weighted by Gasteiger charge is 2.30. The van der Waals surface area contributed by atoms with E-state index in [-0.39, 0.29) is 27.1 Å². The summed E-state index contributed by atoms with van der Waals surface area (Å²) in [5.41, 5.74) is 3.63. The molecule has 0 bridgehead atoms. The SMILES string of the molecule is C=C(c1sc2c(F)ccc(F)c2c1Cl)N(Cc1cc(-c2ccnc(C(=O)N(C)C)c2)ccc1OC)[C@H]1CC[C@H](NC)CC1. The highest BCUT2D eigenvalue weighted by molar-refractivity contribution is 7.20. The second kappa shape index (κ2) is 13.0. The molecular weight excluding hydrogens is 590 g/mol. The van der Waals surface area contributed by atoms with Crippen molar-refractivity contribution in [2.45, 2.75) is 44.3 Å². The first-order chi connectivity index (χ1) is 20.6. The molecule has 0 unspecified atom stereocenters. The van der Waals surface area contributed by atoms with Gasteiger partial charge in [0.1, 0.15) is 23.1 Å². The number of nitrogens with one attached hydrogen (secondary N) is 1. The summed E-state index contributed by atoms with van der Waals surface area (Å²) >= 11 is 7.85. The summed E-state index contributed by atoms with van der Waals surface area (Å²) in [5, 5.41) is 3.64. The minimum atomic E-state index is -0.559. The molecule has 0 saturated heterocycles. The van der Waals surface area contributed by atoms with E-state index in [1.165, 1.54) is 4.90 Å². The standard InChI is InChI=1S/C33H35ClF2N4O2S/c1-19(31-30(34)29-25(35)11-12-26(36)32(29)43-31)40(24-9-7-23(37-2)8-10-24)18-22-16-20(6-13-28(22)42-5)21-14-15-38-27(17-21)33(41)39(3)4/h6,11-17,23-24,37H,1,7-10,18H2,2-5H3/t23-,24-. The molecule has 0 spiro atoms. The Morgan fingerprint density at radius 3 is 2.44 bits per heavy atom.